The molecule has 0 heterocycles. The number of hydrogen-bond donors (Lipinski definition) is 0. The first kappa shape index (κ1) is 76.5. The standard InChI is InChI=1S/C76H118O6/c1-4-7-10-13-16-19-22-25-28-30-31-32-33-34-35-36-37-38-39-40-41-42-43-44-45-47-48-51-54-57-60-63-66-69-75(78)81-72-73(71-80-74(77)68-65-62-59-56-53-50-27-24-21-18-15-12-9-6-3)82-76(79)70-67-64-61-58-55-52-49-46-29-26-23-20-17-14-11-8-5-2/h7-8,10-11,15-20,24-29,31-32,34-35,37-38,40-41,43-44,49,52,58,61,73H,4-6,9,12-14,21-23,30,33,36,39,42,45-48,50-51,53-57,59-60,62-72H2,1-3H3/b10-7-,11-8-,18-15-,19-16-,20-17-,27-24-,28-25-,29-26-,32-31-,35-34-,38-37-,41-40-,44-43-,52-49-,61-58-. The maximum absolute atomic E-state index is 12.9. The van der Waals surface area contributed by atoms with Crippen molar-refractivity contribution >= 4 is 17.9 Å². The van der Waals surface area contributed by atoms with E-state index in [1.807, 2.05) is 0 Å². The van der Waals surface area contributed by atoms with Crippen molar-refractivity contribution in [3.8, 4) is 0 Å². The van der Waals surface area contributed by atoms with Crippen LogP contribution in [0.25, 0.3) is 0 Å². The van der Waals surface area contributed by atoms with Gasteiger partial charge in [0.1, 0.15) is 13.2 Å². The number of esters is 3. The van der Waals surface area contributed by atoms with Gasteiger partial charge in [-0.05, 0) is 148 Å². The van der Waals surface area contributed by atoms with E-state index in [4.69, 9.17) is 14.2 Å². The van der Waals surface area contributed by atoms with Gasteiger partial charge in [-0.2, -0.15) is 0 Å². The first-order valence-corrected chi connectivity index (χ1v) is 32.8. The Morgan fingerprint density at radius 1 is 0.256 bits per heavy atom. The molecule has 6 heteroatoms. The maximum Gasteiger partial charge on any atom is 0.306 e. The van der Waals surface area contributed by atoms with Crippen molar-refractivity contribution in [2.75, 3.05) is 13.2 Å². The molecule has 0 fully saturated rings. The van der Waals surface area contributed by atoms with Crippen LogP contribution in [0.2, 0.25) is 0 Å². The fourth-order valence-electron chi connectivity index (χ4n) is 8.27. The lowest BCUT2D eigenvalue weighted by Crippen LogP contribution is -2.30. The summed E-state index contributed by atoms with van der Waals surface area (Å²) in [5.41, 5.74) is 0. The number of hydrogen-bond acceptors (Lipinski definition) is 6. The van der Waals surface area contributed by atoms with Crippen molar-refractivity contribution < 1.29 is 28.6 Å². The van der Waals surface area contributed by atoms with Gasteiger partial charge in [-0.3, -0.25) is 14.4 Å². The van der Waals surface area contributed by atoms with Crippen LogP contribution in [-0.2, 0) is 28.6 Å². The molecule has 0 aromatic carbocycles. The third kappa shape index (κ3) is 65.3. The zero-order valence-corrected chi connectivity index (χ0v) is 52.4. The minimum Gasteiger partial charge on any atom is -0.462 e. The second kappa shape index (κ2) is 68.0. The van der Waals surface area contributed by atoms with Crippen LogP contribution in [0.1, 0.15) is 258 Å². The summed E-state index contributed by atoms with van der Waals surface area (Å²) in [6, 6.07) is 0. The number of carbonyl (C=O) groups is 3. The molecule has 0 aliphatic carbocycles. The summed E-state index contributed by atoms with van der Waals surface area (Å²) >= 11 is 0. The summed E-state index contributed by atoms with van der Waals surface area (Å²) in [4.78, 5) is 38.3. The van der Waals surface area contributed by atoms with E-state index in [0.717, 1.165) is 161 Å². The normalized spacial score (nSPS) is 13.4. The van der Waals surface area contributed by atoms with Gasteiger partial charge in [-0.15, -0.1) is 0 Å². The van der Waals surface area contributed by atoms with E-state index in [0.29, 0.717) is 19.3 Å². The number of carbonyl (C=O) groups excluding carboxylic acids is 3. The fourth-order valence-corrected chi connectivity index (χ4v) is 8.27. The molecule has 82 heavy (non-hydrogen) atoms. The lowest BCUT2D eigenvalue weighted by molar-refractivity contribution is -0.167. The van der Waals surface area contributed by atoms with E-state index < -0.39 is 6.10 Å². The molecule has 0 aromatic rings. The molecule has 1 unspecified atom stereocenters. The predicted octanol–water partition coefficient (Wildman–Crippen LogP) is 22.8. The van der Waals surface area contributed by atoms with Gasteiger partial charge in [0.15, 0.2) is 6.10 Å². The highest BCUT2D eigenvalue weighted by Gasteiger charge is 2.19. The number of ether oxygens (including phenoxy) is 3. The van der Waals surface area contributed by atoms with E-state index in [2.05, 4.69) is 203 Å². The lowest BCUT2D eigenvalue weighted by Gasteiger charge is -2.18. The van der Waals surface area contributed by atoms with Crippen LogP contribution < -0.4 is 0 Å². The van der Waals surface area contributed by atoms with Gasteiger partial charge in [-0.25, -0.2) is 0 Å². The van der Waals surface area contributed by atoms with E-state index in [9.17, 15) is 14.4 Å². The largest absolute Gasteiger partial charge is 0.462 e. The van der Waals surface area contributed by atoms with E-state index in [1.54, 1.807) is 0 Å². The van der Waals surface area contributed by atoms with E-state index in [-0.39, 0.29) is 37.5 Å². The fraction of sp³-hybridized carbons (Fsp3) is 0.566. The third-order valence-corrected chi connectivity index (χ3v) is 13.1. The van der Waals surface area contributed by atoms with E-state index in [1.165, 1.54) is 51.4 Å². The van der Waals surface area contributed by atoms with Gasteiger partial charge < -0.3 is 14.2 Å². The Bertz CT molecular complexity index is 1920. The number of unbranched alkanes of at least 4 members (excludes halogenated alkanes) is 16. The summed E-state index contributed by atoms with van der Waals surface area (Å²) in [5, 5.41) is 0. The first-order valence-electron chi connectivity index (χ1n) is 32.8. The Morgan fingerprint density at radius 2 is 0.488 bits per heavy atom. The van der Waals surface area contributed by atoms with Crippen LogP contribution in [-0.4, -0.2) is 37.2 Å². The average molecular weight is 1130 g/mol. The number of rotatable bonds is 57. The summed E-state index contributed by atoms with van der Waals surface area (Å²) in [6.07, 6.45) is 102. The highest BCUT2D eigenvalue weighted by atomic mass is 16.6. The zero-order chi connectivity index (χ0) is 59.2. The Kier molecular flexibility index (Phi) is 63.5. The molecule has 0 amide bonds. The molecule has 0 aliphatic rings. The quantitative estimate of drug-likeness (QED) is 0.0261. The summed E-state index contributed by atoms with van der Waals surface area (Å²) in [6.45, 7) is 6.29. The Morgan fingerprint density at radius 3 is 0.780 bits per heavy atom. The predicted molar refractivity (Wildman–Crippen MR) is 357 cm³/mol. The van der Waals surface area contributed by atoms with Crippen LogP contribution in [0.15, 0.2) is 182 Å². The molecule has 0 saturated heterocycles. The van der Waals surface area contributed by atoms with Crippen molar-refractivity contribution in [3.05, 3.63) is 182 Å². The molecular formula is C76H118O6. The summed E-state index contributed by atoms with van der Waals surface area (Å²) < 4.78 is 16.8. The molecular weight excluding hydrogens is 1010 g/mol. The van der Waals surface area contributed by atoms with Gasteiger partial charge in [0.05, 0.1) is 0 Å². The average Bonchev–Trinajstić information content (AvgIpc) is 3.47. The van der Waals surface area contributed by atoms with Crippen molar-refractivity contribution in [1.29, 1.82) is 0 Å². The molecule has 0 spiro atoms. The summed E-state index contributed by atoms with van der Waals surface area (Å²) in [5.74, 6) is -1.01. The highest BCUT2D eigenvalue weighted by molar-refractivity contribution is 5.71. The van der Waals surface area contributed by atoms with Crippen LogP contribution in [0.3, 0.4) is 0 Å². The Hall–Kier alpha value is -5.49. The molecule has 6 nitrogen and oxygen atoms in total. The van der Waals surface area contributed by atoms with Crippen molar-refractivity contribution in [2.45, 2.75) is 264 Å². The van der Waals surface area contributed by atoms with Crippen molar-refractivity contribution in [1.82, 2.24) is 0 Å². The minimum atomic E-state index is -0.828. The molecule has 0 aromatic heterocycles. The van der Waals surface area contributed by atoms with Crippen LogP contribution in [0, 0.1) is 0 Å². The lowest BCUT2D eigenvalue weighted by atomic mass is 10.1. The second-order valence-electron chi connectivity index (χ2n) is 20.9. The molecule has 0 radical (unpaired) electrons. The maximum atomic E-state index is 12.9. The SMILES string of the molecule is CC/C=C\C/C=C\C/C=C\C/C=C\C/C=C\C/C=C\C/C=C\C/C=C\CCCCCCCCCCC(=O)OCC(COC(=O)CCCCCCC/C=C\C/C=C\CCCC)OC(=O)CCC/C=C\C/C=C\C/C=C\C/C=C\C/C=C\CC. The Labute approximate surface area is 504 Å². The van der Waals surface area contributed by atoms with Gasteiger partial charge in [0.2, 0.25) is 0 Å². The van der Waals surface area contributed by atoms with Gasteiger partial charge >= 0.3 is 17.9 Å². The van der Waals surface area contributed by atoms with Crippen LogP contribution in [0.5, 0.6) is 0 Å². The van der Waals surface area contributed by atoms with Crippen LogP contribution in [0.4, 0.5) is 0 Å². The molecule has 458 valence electrons. The molecule has 0 rings (SSSR count). The van der Waals surface area contributed by atoms with Crippen LogP contribution >= 0.6 is 0 Å². The molecule has 0 N–H and O–H groups in total. The first-order chi connectivity index (χ1) is 40.5. The topological polar surface area (TPSA) is 78.9 Å². The van der Waals surface area contributed by atoms with Gasteiger partial charge in [0, 0.05) is 19.3 Å². The number of allylic oxidation sites excluding steroid dienone is 30. The van der Waals surface area contributed by atoms with Crippen molar-refractivity contribution in [3.63, 3.8) is 0 Å². The Balaban J connectivity index is 4.39. The second-order valence-corrected chi connectivity index (χ2v) is 20.9. The molecule has 1 atom stereocenters. The van der Waals surface area contributed by atoms with Crippen molar-refractivity contribution in [2.24, 2.45) is 0 Å². The molecule has 0 saturated carbocycles. The van der Waals surface area contributed by atoms with Gasteiger partial charge in [-0.1, -0.05) is 274 Å². The smallest absolute Gasteiger partial charge is 0.306 e. The minimum absolute atomic E-state index is 0.118. The summed E-state index contributed by atoms with van der Waals surface area (Å²) in [7, 11) is 0. The van der Waals surface area contributed by atoms with Gasteiger partial charge in [0.25, 0.3) is 0 Å². The monoisotopic (exact) mass is 1130 g/mol. The third-order valence-electron chi connectivity index (χ3n) is 13.1. The van der Waals surface area contributed by atoms with E-state index >= 15 is 0 Å². The highest BCUT2D eigenvalue weighted by Crippen LogP contribution is 2.14. The molecule has 0 bridgehead atoms. The zero-order valence-electron chi connectivity index (χ0n) is 52.4. The molecule has 0 aliphatic heterocycles.